The highest BCUT2D eigenvalue weighted by Crippen LogP contribution is 2.07. The van der Waals surface area contributed by atoms with Gasteiger partial charge in [0.1, 0.15) is 0 Å². The van der Waals surface area contributed by atoms with Gasteiger partial charge in [0.15, 0.2) is 0 Å². The summed E-state index contributed by atoms with van der Waals surface area (Å²) >= 11 is 1.87. The zero-order valence-electron chi connectivity index (χ0n) is 6.68. The highest BCUT2D eigenvalue weighted by molar-refractivity contribution is 7.99. The molecule has 3 heteroatoms. The van der Waals surface area contributed by atoms with Crippen LogP contribution in [0.3, 0.4) is 0 Å². The largest absolute Gasteiger partial charge is 0.388 e. The molecule has 0 rings (SSSR count). The Bertz CT molecular complexity index is 102. The first-order valence-corrected chi connectivity index (χ1v) is 4.69. The second kappa shape index (κ2) is 5.59. The van der Waals surface area contributed by atoms with E-state index in [-0.39, 0.29) is 0 Å². The van der Waals surface area contributed by atoms with Crippen molar-refractivity contribution in [2.75, 3.05) is 11.5 Å². The van der Waals surface area contributed by atoms with Crippen molar-refractivity contribution in [3.63, 3.8) is 0 Å². The van der Waals surface area contributed by atoms with Crippen molar-refractivity contribution >= 4 is 17.6 Å². The lowest BCUT2D eigenvalue weighted by molar-refractivity contribution is 0.750. The minimum absolute atomic E-state index is 0.302. The molecule has 3 N–H and O–H groups in total. The van der Waals surface area contributed by atoms with E-state index >= 15 is 0 Å². The van der Waals surface area contributed by atoms with Crippen LogP contribution in [0.1, 0.15) is 20.3 Å². The van der Waals surface area contributed by atoms with Crippen molar-refractivity contribution in [3.8, 4) is 0 Å². The molecule has 0 spiro atoms. The van der Waals surface area contributed by atoms with Crippen LogP contribution in [-0.4, -0.2) is 17.3 Å². The Hall–Kier alpha value is -0.180. The summed E-state index contributed by atoms with van der Waals surface area (Å²) < 4.78 is 0. The van der Waals surface area contributed by atoms with Crippen molar-refractivity contribution in [1.29, 1.82) is 5.41 Å². The number of hydrogen-bond acceptors (Lipinski definition) is 2. The van der Waals surface area contributed by atoms with E-state index in [1.54, 1.807) is 0 Å². The number of thioether (sulfide) groups is 1. The first kappa shape index (κ1) is 9.82. The smallest absolute Gasteiger partial charge is 0.0913 e. The summed E-state index contributed by atoms with van der Waals surface area (Å²) in [7, 11) is 0. The lowest BCUT2D eigenvalue weighted by atomic mass is 10.3. The molecule has 0 saturated carbocycles. The Morgan fingerprint density at radius 3 is 2.60 bits per heavy atom. The molecule has 0 aliphatic heterocycles. The Labute approximate surface area is 67.1 Å². The van der Waals surface area contributed by atoms with E-state index in [2.05, 4.69) is 13.8 Å². The van der Waals surface area contributed by atoms with E-state index in [1.807, 2.05) is 11.8 Å². The van der Waals surface area contributed by atoms with E-state index in [4.69, 9.17) is 11.1 Å². The van der Waals surface area contributed by atoms with Gasteiger partial charge < -0.3 is 5.73 Å². The number of hydrogen-bond donors (Lipinski definition) is 2. The molecule has 0 aromatic carbocycles. The average Bonchev–Trinajstić information content (AvgIpc) is 1.79. The molecule has 0 atom stereocenters. The van der Waals surface area contributed by atoms with E-state index in [0.717, 1.165) is 18.1 Å². The first-order valence-electron chi connectivity index (χ1n) is 3.53. The van der Waals surface area contributed by atoms with Crippen LogP contribution in [0, 0.1) is 11.3 Å². The molecule has 60 valence electrons. The maximum atomic E-state index is 6.94. The van der Waals surface area contributed by atoms with Gasteiger partial charge in [0, 0.05) is 12.2 Å². The molecule has 0 aliphatic rings. The van der Waals surface area contributed by atoms with Crippen LogP contribution in [0.25, 0.3) is 0 Å². The van der Waals surface area contributed by atoms with Gasteiger partial charge in [0.05, 0.1) is 5.84 Å². The van der Waals surface area contributed by atoms with Crippen LogP contribution in [0.5, 0.6) is 0 Å². The Balaban J connectivity index is 2.98. The molecule has 0 heterocycles. The molecule has 0 unspecified atom stereocenters. The molecule has 0 saturated heterocycles. The maximum Gasteiger partial charge on any atom is 0.0913 e. The van der Waals surface area contributed by atoms with Crippen LogP contribution in [0.2, 0.25) is 0 Å². The van der Waals surface area contributed by atoms with E-state index < -0.39 is 0 Å². The molecule has 0 amide bonds. The predicted molar refractivity (Wildman–Crippen MR) is 48.7 cm³/mol. The van der Waals surface area contributed by atoms with Crippen LogP contribution >= 0.6 is 11.8 Å². The molecule has 0 fully saturated rings. The second-order valence-electron chi connectivity index (χ2n) is 2.74. The zero-order chi connectivity index (χ0) is 7.98. The van der Waals surface area contributed by atoms with E-state index in [1.165, 1.54) is 5.75 Å². The molecule has 0 aromatic rings. The molecule has 10 heavy (non-hydrogen) atoms. The van der Waals surface area contributed by atoms with Gasteiger partial charge in [-0.25, -0.2) is 0 Å². The maximum absolute atomic E-state index is 6.94. The highest BCUT2D eigenvalue weighted by Gasteiger charge is 1.94. The van der Waals surface area contributed by atoms with Gasteiger partial charge in [0.25, 0.3) is 0 Å². The fourth-order valence-corrected chi connectivity index (χ4v) is 1.50. The second-order valence-corrected chi connectivity index (χ2v) is 3.89. The normalized spacial score (nSPS) is 10.3. The third-order valence-electron chi connectivity index (χ3n) is 0.967. The van der Waals surface area contributed by atoms with Gasteiger partial charge >= 0.3 is 0 Å². The van der Waals surface area contributed by atoms with E-state index in [9.17, 15) is 0 Å². The van der Waals surface area contributed by atoms with E-state index in [0.29, 0.717) is 5.84 Å². The summed E-state index contributed by atoms with van der Waals surface area (Å²) in [5.74, 6) is 3.22. The summed E-state index contributed by atoms with van der Waals surface area (Å²) in [5.41, 5.74) is 5.18. The lowest BCUT2D eigenvalue weighted by Gasteiger charge is -2.02. The minimum atomic E-state index is 0.302. The summed E-state index contributed by atoms with van der Waals surface area (Å²) in [4.78, 5) is 0. The number of nitrogens with two attached hydrogens (primary N) is 1. The van der Waals surface area contributed by atoms with Gasteiger partial charge in [-0.1, -0.05) is 13.8 Å². The van der Waals surface area contributed by atoms with Gasteiger partial charge in [0.2, 0.25) is 0 Å². The van der Waals surface area contributed by atoms with Crippen molar-refractivity contribution in [2.24, 2.45) is 11.7 Å². The average molecular weight is 160 g/mol. The predicted octanol–water partition coefficient (Wildman–Crippen LogP) is 1.70. The third-order valence-corrected chi connectivity index (χ3v) is 2.36. The molecule has 2 nitrogen and oxygen atoms in total. The lowest BCUT2D eigenvalue weighted by Crippen LogP contribution is -2.10. The van der Waals surface area contributed by atoms with Crippen molar-refractivity contribution < 1.29 is 0 Å². The van der Waals surface area contributed by atoms with Crippen molar-refractivity contribution in [1.82, 2.24) is 0 Å². The number of rotatable bonds is 5. The summed E-state index contributed by atoms with van der Waals surface area (Å²) in [6.07, 6.45) is 0.734. The highest BCUT2D eigenvalue weighted by atomic mass is 32.2. The zero-order valence-corrected chi connectivity index (χ0v) is 7.50. The minimum Gasteiger partial charge on any atom is -0.388 e. The molecule has 0 radical (unpaired) electrons. The van der Waals surface area contributed by atoms with Crippen LogP contribution in [-0.2, 0) is 0 Å². The summed E-state index contributed by atoms with van der Waals surface area (Å²) in [5, 5.41) is 6.94. The fraction of sp³-hybridized carbons (Fsp3) is 0.857. The van der Waals surface area contributed by atoms with Gasteiger partial charge in [-0.2, -0.15) is 11.8 Å². The molecule has 0 aliphatic carbocycles. The number of nitrogens with one attached hydrogen (secondary N) is 1. The quantitative estimate of drug-likeness (QED) is 0.365. The fourth-order valence-electron chi connectivity index (χ4n) is 0.501. The van der Waals surface area contributed by atoms with Gasteiger partial charge in [-0.3, -0.25) is 5.41 Å². The van der Waals surface area contributed by atoms with Crippen LogP contribution in [0.15, 0.2) is 0 Å². The Morgan fingerprint density at radius 2 is 2.20 bits per heavy atom. The molecular formula is C7H16N2S. The standard InChI is InChI=1S/C7H16N2S/c1-6(2)5-10-4-3-7(8)9/h6H,3-5H2,1-2H3,(H3,8,9). The van der Waals surface area contributed by atoms with Gasteiger partial charge in [-0.05, 0) is 11.7 Å². The van der Waals surface area contributed by atoms with Crippen LogP contribution < -0.4 is 5.73 Å². The number of amidine groups is 1. The first-order chi connectivity index (χ1) is 4.63. The van der Waals surface area contributed by atoms with Crippen LogP contribution in [0.4, 0.5) is 0 Å². The topological polar surface area (TPSA) is 49.9 Å². The van der Waals surface area contributed by atoms with Crippen molar-refractivity contribution in [2.45, 2.75) is 20.3 Å². The Morgan fingerprint density at radius 1 is 1.60 bits per heavy atom. The molecular weight excluding hydrogens is 144 g/mol. The SMILES string of the molecule is CC(C)CSCCC(=N)N. The van der Waals surface area contributed by atoms with Gasteiger partial charge in [-0.15, -0.1) is 0 Å². The summed E-state index contributed by atoms with van der Waals surface area (Å²) in [6.45, 7) is 4.39. The molecule has 0 bridgehead atoms. The Kier molecular flexibility index (Phi) is 5.49. The summed E-state index contributed by atoms with van der Waals surface area (Å²) in [6, 6.07) is 0. The van der Waals surface area contributed by atoms with Crippen molar-refractivity contribution in [3.05, 3.63) is 0 Å². The monoisotopic (exact) mass is 160 g/mol. The third kappa shape index (κ3) is 7.82. The molecule has 0 aromatic heterocycles.